The van der Waals surface area contributed by atoms with E-state index in [0.29, 0.717) is 50.6 Å². The SMILES string of the molecule is CCc1ccccc1S(=O)(=O)N1CCN(C2CCN(Cc3ccccn3)C2=O)CC1. The Morgan fingerprint density at radius 1 is 1.00 bits per heavy atom. The van der Waals surface area contributed by atoms with Crippen LogP contribution in [-0.4, -0.2) is 72.2 Å². The van der Waals surface area contributed by atoms with Gasteiger partial charge in [-0.1, -0.05) is 31.2 Å². The summed E-state index contributed by atoms with van der Waals surface area (Å²) in [6.07, 6.45) is 3.19. The highest BCUT2D eigenvalue weighted by Crippen LogP contribution is 2.25. The van der Waals surface area contributed by atoms with Crippen molar-refractivity contribution in [2.75, 3.05) is 32.7 Å². The Bertz CT molecular complexity index is 988. The van der Waals surface area contributed by atoms with Crippen LogP contribution in [0.1, 0.15) is 24.6 Å². The standard InChI is InChI=1S/C22H28N4O3S/c1-2-18-7-3-4-9-21(18)30(28,29)26-15-13-24(14-16-26)20-10-12-25(22(20)27)17-19-8-5-6-11-23-19/h3-9,11,20H,2,10,12-17H2,1H3. The van der Waals surface area contributed by atoms with E-state index in [1.165, 1.54) is 0 Å². The van der Waals surface area contributed by atoms with Crippen LogP contribution in [0.15, 0.2) is 53.6 Å². The van der Waals surface area contributed by atoms with Crippen LogP contribution in [0.5, 0.6) is 0 Å². The van der Waals surface area contributed by atoms with Gasteiger partial charge in [-0.2, -0.15) is 4.31 Å². The third-order valence-electron chi connectivity index (χ3n) is 6.03. The maximum absolute atomic E-state index is 13.1. The lowest BCUT2D eigenvalue weighted by atomic mass is 10.2. The third kappa shape index (κ3) is 4.12. The Hall–Kier alpha value is -2.29. The second-order valence-electron chi connectivity index (χ2n) is 7.79. The molecule has 1 atom stereocenters. The topological polar surface area (TPSA) is 73.8 Å². The maximum atomic E-state index is 13.1. The van der Waals surface area contributed by atoms with Crippen LogP contribution in [0.3, 0.4) is 0 Å². The molecule has 160 valence electrons. The van der Waals surface area contributed by atoms with E-state index in [9.17, 15) is 13.2 Å². The predicted molar refractivity (Wildman–Crippen MR) is 114 cm³/mol. The number of aryl methyl sites for hydroxylation is 1. The average Bonchev–Trinajstić information content (AvgIpc) is 3.14. The number of carbonyl (C=O) groups is 1. The first-order chi connectivity index (χ1) is 14.5. The summed E-state index contributed by atoms with van der Waals surface area (Å²) in [5.41, 5.74) is 1.73. The third-order valence-corrected chi connectivity index (χ3v) is 8.03. The molecule has 3 heterocycles. The van der Waals surface area contributed by atoms with E-state index in [2.05, 4.69) is 9.88 Å². The van der Waals surface area contributed by atoms with Gasteiger partial charge in [0.15, 0.2) is 0 Å². The highest BCUT2D eigenvalue weighted by Gasteiger charge is 2.39. The Labute approximate surface area is 178 Å². The number of hydrogen-bond donors (Lipinski definition) is 0. The molecule has 0 aliphatic carbocycles. The van der Waals surface area contributed by atoms with Gasteiger partial charge in [-0.15, -0.1) is 0 Å². The molecule has 0 radical (unpaired) electrons. The molecule has 0 N–H and O–H groups in total. The monoisotopic (exact) mass is 428 g/mol. The summed E-state index contributed by atoms with van der Waals surface area (Å²) in [5, 5.41) is 0. The van der Waals surface area contributed by atoms with Crippen LogP contribution in [0.25, 0.3) is 0 Å². The number of benzene rings is 1. The number of aromatic nitrogens is 1. The first-order valence-electron chi connectivity index (χ1n) is 10.5. The van der Waals surface area contributed by atoms with Gasteiger partial charge in [-0.25, -0.2) is 8.42 Å². The van der Waals surface area contributed by atoms with E-state index in [-0.39, 0.29) is 11.9 Å². The fourth-order valence-electron chi connectivity index (χ4n) is 4.35. The smallest absolute Gasteiger partial charge is 0.243 e. The minimum Gasteiger partial charge on any atom is -0.335 e. The summed E-state index contributed by atoms with van der Waals surface area (Å²) in [6, 6.07) is 12.8. The van der Waals surface area contributed by atoms with Crippen LogP contribution < -0.4 is 0 Å². The zero-order valence-electron chi connectivity index (χ0n) is 17.3. The highest BCUT2D eigenvalue weighted by molar-refractivity contribution is 7.89. The Kier molecular flexibility index (Phi) is 6.17. The number of pyridine rings is 1. The van der Waals surface area contributed by atoms with E-state index in [0.717, 1.165) is 17.7 Å². The minimum atomic E-state index is -3.51. The fourth-order valence-corrected chi connectivity index (χ4v) is 6.06. The van der Waals surface area contributed by atoms with Crippen molar-refractivity contribution in [3.8, 4) is 0 Å². The Morgan fingerprint density at radius 2 is 1.73 bits per heavy atom. The molecule has 4 rings (SSSR count). The summed E-state index contributed by atoms with van der Waals surface area (Å²) in [4.78, 5) is 21.6. The Morgan fingerprint density at radius 3 is 2.43 bits per heavy atom. The summed E-state index contributed by atoms with van der Waals surface area (Å²) in [5.74, 6) is 0.119. The van der Waals surface area contributed by atoms with Gasteiger partial charge in [-0.05, 0) is 36.6 Å². The van der Waals surface area contributed by atoms with E-state index < -0.39 is 10.0 Å². The molecule has 2 aliphatic rings. The zero-order valence-corrected chi connectivity index (χ0v) is 18.1. The average molecular weight is 429 g/mol. The number of amides is 1. The molecule has 1 aromatic heterocycles. The molecular weight excluding hydrogens is 400 g/mol. The van der Waals surface area contributed by atoms with Crippen molar-refractivity contribution in [3.05, 3.63) is 59.9 Å². The lowest BCUT2D eigenvalue weighted by Crippen LogP contribution is -2.53. The number of sulfonamides is 1. The number of likely N-dealkylation sites (tertiary alicyclic amines) is 1. The van der Waals surface area contributed by atoms with Gasteiger partial charge in [-0.3, -0.25) is 14.7 Å². The van der Waals surface area contributed by atoms with E-state index in [1.54, 1.807) is 22.6 Å². The summed E-state index contributed by atoms with van der Waals surface area (Å²) < 4.78 is 27.8. The van der Waals surface area contributed by atoms with Crippen molar-refractivity contribution < 1.29 is 13.2 Å². The molecule has 0 saturated carbocycles. The molecule has 7 nitrogen and oxygen atoms in total. The van der Waals surface area contributed by atoms with Crippen LogP contribution in [0, 0.1) is 0 Å². The quantitative estimate of drug-likeness (QED) is 0.701. The van der Waals surface area contributed by atoms with Crippen molar-refractivity contribution in [1.29, 1.82) is 0 Å². The van der Waals surface area contributed by atoms with Gasteiger partial charge in [0.2, 0.25) is 15.9 Å². The van der Waals surface area contributed by atoms with E-state index in [1.807, 2.05) is 42.2 Å². The molecule has 30 heavy (non-hydrogen) atoms. The molecule has 1 aromatic carbocycles. The normalized spacial score (nSPS) is 21.3. The van der Waals surface area contributed by atoms with Crippen LogP contribution in [0.4, 0.5) is 0 Å². The molecule has 1 amide bonds. The fraction of sp³-hybridized carbons (Fsp3) is 0.455. The molecule has 2 fully saturated rings. The largest absolute Gasteiger partial charge is 0.335 e. The summed E-state index contributed by atoms with van der Waals surface area (Å²) >= 11 is 0. The van der Waals surface area contributed by atoms with Gasteiger partial charge in [0.25, 0.3) is 0 Å². The molecule has 0 spiro atoms. The predicted octanol–water partition coefficient (Wildman–Crippen LogP) is 1.75. The van der Waals surface area contributed by atoms with Gasteiger partial charge in [0.1, 0.15) is 0 Å². The van der Waals surface area contributed by atoms with Crippen LogP contribution in [-0.2, 0) is 27.8 Å². The van der Waals surface area contributed by atoms with Gasteiger partial charge in [0.05, 0.1) is 23.2 Å². The highest BCUT2D eigenvalue weighted by atomic mass is 32.2. The second-order valence-corrected chi connectivity index (χ2v) is 9.69. The lowest BCUT2D eigenvalue weighted by Gasteiger charge is -2.36. The summed E-state index contributed by atoms with van der Waals surface area (Å²) in [6.45, 7) is 5.16. The van der Waals surface area contributed by atoms with Gasteiger partial charge in [0, 0.05) is 38.9 Å². The van der Waals surface area contributed by atoms with Gasteiger partial charge < -0.3 is 4.90 Å². The van der Waals surface area contributed by atoms with Crippen molar-refractivity contribution in [3.63, 3.8) is 0 Å². The van der Waals surface area contributed by atoms with Crippen molar-refractivity contribution in [1.82, 2.24) is 19.1 Å². The van der Waals surface area contributed by atoms with Crippen LogP contribution in [0.2, 0.25) is 0 Å². The van der Waals surface area contributed by atoms with Crippen molar-refractivity contribution in [2.45, 2.75) is 37.2 Å². The molecular formula is C22H28N4O3S. The van der Waals surface area contributed by atoms with Crippen molar-refractivity contribution >= 4 is 15.9 Å². The first-order valence-corrected chi connectivity index (χ1v) is 12.0. The van der Waals surface area contributed by atoms with E-state index in [4.69, 9.17) is 0 Å². The minimum absolute atomic E-state index is 0.119. The zero-order chi connectivity index (χ0) is 21.1. The summed E-state index contributed by atoms with van der Waals surface area (Å²) in [7, 11) is -3.51. The molecule has 8 heteroatoms. The number of piperazine rings is 1. The lowest BCUT2D eigenvalue weighted by molar-refractivity contribution is -0.133. The second kappa shape index (κ2) is 8.83. The maximum Gasteiger partial charge on any atom is 0.243 e. The Balaban J connectivity index is 1.38. The van der Waals surface area contributed by atoms with Crippen LogP contribution >= 0.6 is 0 Å². The number of hydrogen-bond acceptors (Lipinski definition) is 5. The number of carbonyl (C=O) groups excluding carboxylic acids is 1. The first kappa shape index (κ1) is 21.0. The van der Waals surface area contributed by atoms with E-state index >= 15 is 0 Å². The molecule has 0 bridgehead atoms. The molecule has 2 aromatic rings. The number of rotatable bonds is 6. The number of nitrogens with zero attached hydrogens (tertiary/aromatic N) is 4. The molecule has 2 saturated heterocycles. The van der Waals surface area contributed by atoms with Gasteiger partial charge >= 0.3 is 0 Å². The molecule has 2 aliphatic heterocycles. The molecule has 1 unspecified atom stereocenters. The van der Waals surface area contributed by atoms with Crippen molar-refractivity contribution in [2.24, 2.45) is 0 Å².